The highest BCUT2D eigenvalue weighted by Crippen LogP contribution is 2.22. The van der Waals surface area contributed by atoms with E-state index in [0.29, 0.717) is 0 Å². The van der Waals surface area contributed by atoms with Crippen LogP contribution in [0.2, 0.25) is 0 Å². The number of hydrogen-bond donors (Lipinski definition) is 0. The molecule has 1 aromatic rings. The van der Waals surface area contributed by atoms with Gasteiger partial charge < -0.3 is 4.74 Å². The molecular formula is C24H38O. The molecule has 0 N–H and O–H groups in total. The summed E-state index contributed by atoms with van der Waals surface area (Å²) >= 11 is 0. The molecule has 0 heterocycles. The van der Waals surface area contributed by atoms with Gasteiger partial charge in [0.2, 0.25) is 0 Å². The molecule has 0 unspecified atom stereocenters. The van der Waals surface area contributed by atoms with Gasteiger partial charge in [-0.3, -0.25) is 0 Å². The molecule has 0 saturated heterocycles. The summed E-state index contributed by atoms with van der Waals surface area (Å²) in [6.45, 7) is 10.7. The lowest BCUT2D eigenvalue weighted by Gasteiger charge is -2.10. The Morgan fingerprint density at radius 1 is 0.760 bits per heavy atom. The second kappa shape index (κ2) is 14.8. The van der Waals surface area contributed by atoms with Gasteiger partial charge in [-0.2, -0.15) is 0 Å². The fourth-order valence-electron chi connectivity index (χ4n) is 3.10. The van der Waals surface area contributed by atoms with Crippen LogP contribution in [0, 0.1) is 0 Å². The molecule has 1 aromatic carbocycles. The van der Waals surface area contributed by atoms with E-state index >= 15 is 0 Å². The van der Waals surface area contributed by atoms with Crippen molar-refractivity contribution in [1.29, 1.82) is 0 Å². The summed E-state index contributed by atoms with van der Waals surface area (Å²) in [6.07, 6.45) is 20.1. The summed E-state index contributed by atoms with van der Waals surface area (Å²) in [6, 6.07) is 6.13. The van der Waals surface area contributed by atoms with E-state index in [-0.39, 0.29) is 0 Å². The molecule has 0 atom stereocenters. The zero-order valence-electron chi connectivity index (χ0n) is 16.4. The Kier molecular flexibility index (Phi) is 12.8. The Labute approximate surface area is 156 Å². The van der Waals surface area contributed by atoms with Crippen LogP contribution in [0.4, 0.5) is 0 Å². The van der Waals surface area contributed by atoms with Gasteiger partial charge in [0.1, 0.15) is 5.75 Å². The second-order valence-corrected chi connectivity index (χ2v) is 6.94. The lowest BCUT2D eigenvalue weighted by Crippen LogP contribution is -1.99. The summed E-state index contributed by atoms with van der Waals surface area (Å²) in [7, 11) is 0. The first-order chi connectivity index (χ1) is 12.3. The maximum atomic E-state index is 5.94. The van der Waals surface area contributed by atoms with Gasteiger partial charge in [0.15, 0.2) is 0 Å². The molecule has 0 saturated carbocycles. The van der Waals surface area contributed by atoms with Gasteiger partial charge in [-0.25, -0.2) is 0 Å². The minimum Gasteiger partial charge on any atom is -0.493 e. The first-order valence-corrected chi connectivity index (χ1v) is 10.3. The van der Waals surface area contributed by atoms with Crippen molar-refractivity contribution < 1.29 is 4.74 Å². The van der Waals surface area contributed by atoms with Crippen LogP contribution in [0.25, 0.3) is 12.2 Å². The molecule has 0 aliphatic heterocycles. The number of benzene rings is 1. The molecule has 0 bridgehead atoms. The second-order valence-electron chi connectivity index (χ2n) is 6.94. The Bertz CT molecular complexity index is 475. The van der Waals surface area contributed by atoms with Crippen molar-refractivity contribution in [1.82, 2.24) is 0 Å². The molecule has 25 heavy (non-hydrogen) atoms. The third kappa shape index (κ3) is 10.2. The van der Waals surface area contributed by atoms with Crippen molar-refractivity contribution in [2.45, 2.75) is 84.0 Å². The standard InChI is InChI=1S/C24H38O/c1-4-7-8-9-10-11-12-13-14-15-16-17-20-25-24-21-22(5-2)18-19-23(24)6-3/h5-6,18-19,21H,2-4,7-17,20H2,1H3. The highest BCUT2D eigenvalue weighted by molar-refractivity contribution is 5.61. The first kappa shape index (κ1) is 21.5. The Morgan fingerprint density at radius 2 is 1.32 bits per heavy atom. The summed E-state index contributed by atoms with van der Waals surface area (Å²) in [5.74, 6) is 0.926. The van der Waals surface area contributed by atoms with E-state index in [9.17, 15) is 0 Å². The van der Waals surface area contributed by atoms with Crippen molar-refractivity contribution in [2.24, 2.45) is 0 Å². The molecule has 1 nitrogen and oxygen atoms in total. The quantitative estimate of drug-likeness (QED) is 0.276. The molecule has 0 aliphatic carbocycles. The minimum absolute atomic E-state index is 0.791. The number of unbranched alkanes of at least 4 members (excludes halogenated alkanes) is 11. The Hall–Kier alpha value is -1.50. The van der Waals surface area contributed by atoms with Crippen molar-refractivity contribution in [3.63, 3.8) is 0 Å². The first-order valence-electron chi connectivity index (χ1n) is 10.3. The molecular weight excluding hydrogens is 304 g/mol. The zero-order valence-corrected chi connectivity index (χ0v) is 16.4. The van der Waals surface area contributed by atoms with Gasteiger partial charge in [0.25, 0.3) is 0 Å². The molecule has 0 aromatic heterocycles. The minimum atomic E-state index is 0.791. The molecule has 0 spiro atoms. The predicted molar refractivity (Wildman–Crippen MR) is 113 cm³/mol. The van der Waals surface area contributed by atoms with E-state index in [0.717, 1.165) is 29.9 Å². The molecule has 0 fully saturated rings. The maximum Gasteiger partial charge on any atom is 0.127 e. The van der Waals surface area contributed by atoms with E-state index < -0.39 is 0 Å². The number of ether oxygens (including phenoxy) is 1. The maximum absolute atomic E-state index is 5.94. The van der Waals surface area contributed by atoms with Crippen LogP contribution in [-0.2, 0) is 0 Å². The topological polar surface area (TPSA) is 9.23 Å². The summed E-state index contributed by atoms with van der Waals surface area (Å²) in [5.41, 5.74) is 2.15. The van der Waals surface area contributed by atoms with Crippen LogP contribution in [0.3, 0.4) is 0 Å². The molecule has 0 radical (unpaired) electrons. The summed E-state index contributed by atoms with van der Waals surface area (Å²) in [5, 5.41) is 0. The Morgan fingerprint density at radius 3 is 1.84 bits per heavy atom. The fourth-order valence-corrected chi connectivity index (χ4v) is 3.10. The molecule has 140 valence electrons. The Balaban J connectivity index is 2.00. The highest BCUT2D eigenvalue weighted by atomic mass is 16.5. The van der Waals surface area contributed by atoms with Gasteiger partial charge >= 0.3 is 0 Å². The van der Waals surface area contributed by atoms with Gasteiger partial charge in [-0.15, -0.1) is 0 Å². The zero-order chi connectivity index (χ0) is 18.2. The monoisotopic (exact) mass is 342 g/mol. The normalized spacial score (nSPS) is 10.6. The van der Waals surface area contributed by atoms with Gasteiger partial charge in [-0.05, 0) is 18.1 Å². The van der Waals surface area contributed by atoms with Crippen LogP contribution in [0.15, 0.2) is 31.4 Å². The van der Waals surface area contributed by atoms with Crippen LogP contribution in [-0.4, -0.2) is 6.61 Å². The van der Waals surface area contributed by atoms with E-state index in [1.165, 1.54) is 70.6 Å². The number of rotatable bonds is 16. The largest absolute Gasteiger partial charge is 0.493 e. The van der Waals surface area contributed by atoms with Crippen LogP contribution >= 0.6 is 0 Å². The van der Waals surface area contributed by atoms with E-state index in [2.05, 4.69) is 20.1 Å². The predicted octanol–water partition coefficient (Wildman–Crippen LogP) is 8.05. The van der Waals surface area contributed by atoms with Crippen molar-refractivity contribution in [3.8, 4) is 5.75 Å². The molecule has 0 aliphatic rings. The SMILES string of the molecule is C=Cc1ccc(C=C)c(OCCCCCCCCCCCCCC)c1. The number of hydrogen-bond acceptors (Lipinski definition) is 1. The smallest absolute Gasteiger partial charge is 0.127 e. The van der Waals surface area contributed by atoms with E-state index in [4.69, 9.17) is 4.74 Å². The molecule has 0 amide bonds. The van der Waals surface area contributed by atoms with Gasteiger partial charge in [0.05, 0.1) is 6.61 Å². The average molecular weight is 343 g/mol. The molecule has 1 heteroatoms. The van der Waals surface area contributed by atoms with Crippen LogP contribution in [0.1, 0.15) is 95.1 Å². The third-order valence-electron chi connectivity index (χ3n) is 4.75. The lowest BCUT2D eigenvalue weighted by atomic mass is 10.1. The van der Waals surface area contributed by atoms with Crippen LogP contribution in [0.5, 0.6) is 5.75 Å². The third-order valence-corrected chi connectivity index (χ3v) is 4.75. The average Bonchev–Trinajstić information content (AvgIpc) is 2.65. The molecule has 1 rings (SSSR count). The fraction of sp³-hybridized carbons (Fsp3) is 0.583. The van der Waals surface area contributed by atoms with E-state index in [1.807, 2.05) is 30.4 Å². The van der Waals surface area contributed by atoms with Gasteiger partial charge in [0, 0.05) is 5.56 Å². The van der Waals surface area contributed by atoms with Crippen LogP contribution < -0.4 is 4.74 Å². The van der Waals surface area contributed by atoms with E-state index in [1.54, 1.807) is 0 Å². The van der Waals surface area contributed by atoms with Gasteiger partial charge in [-0.1, -0.05) is 115 Å². The van der Waals surface area contributed by atoms with Crippen molar-refractivity contribution >= 4 is 12.2 Å². The summed E-state index contributed by atoms with van der Waals surface area (Å²) < 4.78 is 5.94. The lowest BCUT2D eigenvalue weighted by molar-refractivity contribution is 0.303. The van der Waals surface area contributed by atoms with Crippen molar-refractivity contribution in [2.75, 3.05) is 6.61 Å². The highest BCUT2D eigenvalue weighted by Gasteiger charge is 2.01. The van der Waals surface area contributed by atoms with Crippen molar-refractivity contribution in [3.05, 3.63) is 42.5 Å². The summed E-state index contributed by atoms with van der Waals surface area (Å²) in [4.78, 5) is 0.